The highest BCUT2D eigenvalue weighted by atomic mass is 79.9. The van der Waals surface area contributed by atoms with Crippen molar-refractivity contribution in [2.45, 2.75) is 27.7 Å². The molecular formula is C46H48BBrF2N8O6. The molecule has 4 N–H and O–H groups in total. The zero-order chi connectivity index (χ0) is 46.9. The van der Waals surface area contributed by atoms with Gasteiger partial charge < -0.3 is 30.4 Å². The quantitative estimate of drug-likeness (QED) is 0.0280. The van der Waals surface area contributed by atoms with Gasteiger partial charge in [-0.3, -0.25) is 9.59 Å². The molecule has 0 aliphatic heterocycles. The van der Waals surface area contributed by atoms with Crippen molar-refractivity contribution in [2.75, 3.05) is 23.8 Å². The molecule has 0 spiro atoms. The molecule has 18 heteroatoms. The molecule has 0 bridgehead atoms. The molecular weight excluding hydrogens is 889 g/mol. The van der Waals surface area contributed by atoms with E-state index in [-0.39, 0.29) is 28.0 Å². The molecule has 0 saturated carbocycles. The topological polar surface area (TPSA) is 177 Å². The first-order chi connectivity index (χ1) is 30.6. The lowest BCUT2D eigenvalue weighted by Gasteiger charge is -2.12. The minimum Gasteiger partial charge on any atom is -0.423 e. The van der Waals surface area contributed by atoms with Crippen molar-refractivity contribution < 1.29 is 38.1 Å². The number of para-hydroxylation sites is 2. The fourth-order valence-corrected chi connectivity index (χ4v) is 6.15. The molecule has 0 radical (unpaired) electrons. The van der Waals surface area contributed by atoms with Gasteiger partial charge in [-0.1, -0.05) is 124 Å². The number of hydrogen-bond donors (Lipinski definition) is 4. The number of rotatable bonds is 14. The molecule has 0 aliphatic rings. The Hall–Kier alpha value is -7.02. The summed E-state index contributed by atoms with van der Waals surface area (Å²) in [6.07, 6.45) is 3.29. The zero-order valence-corrected chi connectivity index (χ0v) is 37.7. The van der Waals surface area contributed by atoms with Gasteiger partial charge in [-0.05, 0) is 68.7 Å². The lowest BCUT2D eigenvalue weighted by molar-refractivity contribution is 0.101. The smallest absolute Gasteiger partial charge is 0.423 e. The highest BCUT2D eigenvalue weighted by molar-refractivity contribution is 9.10. The number of halogens is 3. The summed E-state index contributed by atoms with van der Waals surface area (Å²) in [6, 6.07) is 29.2. The van der Waals surface area contributed by atoms with E-state index < -0.39 is 30.8 Å². The monoisotopic (exact) mass is 936 g/mol. The SMILES string of the molecule is C=CCO/N=C(\C)c1ccc(-c2ccccc2NC(=O)c2c(C)nn(C)c2F)cc1.C=CCO/N=C(\C)c1ccc(Br)cc1.Cc1nn(C)c(F)c1C(=O)Nc1ccccc1B(O)O. The van der Waals surface area contributed by atoms with Crippen LogP contribution in [0.4, 0.5) is 20.2 Å². The zero-order valence-electron chi connectivity index (χ0n) is 36.1. The summed E-state index contributed by atoms with van der Waals surface area (Å²) in [7, 11) is 1.12. The van der Waals surface area contributed by atoms with Crippen LogP contribution in [0.5, 0.6) is 0 Å². The number of nitrogens with one attached hydrogen (secondary N) is 2. The first-order valence-electron chi connectivity index (χ1n) is 19.5. The molecule has 4 aromatic carbocycles. The molecule has 14 nitrogen and oxygen atoms in total. The van der Waals surface area contributed by atoms with Crippen molar-refractivity contribution in [2.24, 2.45) is 24.4 Å². The lowest BCUT2D eigenvalue weighted by atomic mass is 9.79. The number of hydrogen-bond acceptors (Lipinski definition) is 10. The van der Waals surface area contributed by atoms with Crippen LogP contribution in [0.25, 0.3) is 11.1 Å². The molecule has 0 atom stereocenters. The van der Waals surface area contributed by atoms with Gasteiger partial charge >= 0.3 is 7.12 Å². The summed E-state index contributed by atoms with van der Waals surface area (Å²) >= 11 is 3.37. The largest absolute Gasteiger partial charge is 0.490 e. The van der Waals surface area contributed by atoms with Crippen molar-refractivity contribution >= 4 is 63.1 Å². The van der Waals surface area contributed by atoms with E-state index in [0.29, 0.717) is 24.6 Å². The van der Waals surface area contributed by atoms with Crippen LogP contribution in [0.15, 0.2) is 137 Å². The van der Waals surface area contributed by atoms with Crippen LogP contribution in [-0.4, -0.2) is 73.2 Å². The minimum absolute atomic E-state index is 0.0611. The molecule has 2 aromatic heterocycles. The number of aromatic nitrogens is 4. The molecule has 2 amide bonds. The molecule has 0 aliphatic carbocycles. The Kier molecular flexibility index (Phi) is 18.6. The average Bonchev–Trinajstić information content (AvgIpc) is 3.69. The van der Waals surface area contributed by atoms with Crippen molar-refractivity contribution in [3.05, 3.63) is 172 Å². The fourth-order valence-electron chi connectivity index (χ4n) is 5.89. The number of carbonyl (C=O) groups is 2. The third-order valence-electron chi connectivity index (χ3n) is 9.08. The lowest BCUT2D eigenvalue weighted by Crippen LogP contribution is -2.33. The number of anilines is 2. The maximum absolute atomic E-state index is 14.2. The molecule has 0 saturated heterocycles. The second-order valence-corrected chi connectivity index (χ2v) is 14.7. The predicted octanol–water partition coefficient (Wildman–Crippen LogP) is 7.89. The summed E-state index contributed by atoms with van der Waals surface area (Å²) in [5.74, 6) is -2.65. The second-order valence-electron chi connectivity index (χ2n) is 13.8. The summed E-state index contributed by atoms with van der Waals surface area (Å²) < 4.78 is 31.1. The number of carbonyl (C=O) groups excluding carboxylic acids is 2. The Morgan fingerprint density at radius 2 is 1.14 bits per heavy atom. The van der Waals surface area contributed by atoms with Crippen LogP contribution in [0.1, 0.15) is 57.1 Å². The Morgan fingerprint density at radius 1 is 0.719 bits per heavy atom. The van der Waals surface area contributed by atoms with Crippen molar-refractivity contribution in [1.82, 2.24) is 19.6 Å². The Labute approximate surface area is 378 Å². The number of nitrogens with zero attached hydrogens (tertiary/aromatic N) is 6. The van der Waals surface area contributed by atoms with Gasteiger partial charge in [0.25, 0.3) is 11.8 Å². The van der Waals surface area contributed by atoms with Gasteiger partial charge in [-0.25, -0.2) is 9.36 Å². The highest BCUT2D eigenvalue weighted by Crippen LogP contribution is 2.29. The molecule has 0 unspecified atom stereocenters. The fraction of sp³-hybridized carbons (Fsp3) is 0.174. The third kappa shape index (κ3) is 13.5. The van der Waals surface area contributed by atoms with E-state index in [0.717, 1.165) is 47.5 Å². The maximum atomic E-state index is 14.2. The van der Waals surface area contributed by atoms with Gasteiger partial charge in [0.1, 0.15) is 24.3 Å². The number of aryl methyl sites for hydroxylation is 4. The standard InChI is InChI=1S/C23H23FN4O2.C12H13BFN3O3.C11H12BrNO/c1-5-14-30-27-15(2)17-10-12-18(13-11-17)19-8-6-7-9-20(19)25-23(29)21-16(3)26-28(4)22(21)24;1-7-10(11(14)17(2)16-7)12(18)15-9-6-4-3-5-8(9)13(19)20;1-3-8-14-13-9(2)10-4-6-11(12)7-5-10/h5-13H,1,14H2,2-4H3,(H,25,29);3-6,19-20H,1-2H3,(H,15,18);3-7H,1,8H2,2H3/b27-15+;;13-9+. The van der Waals surface area contributed by atoms with Crippen LogP contribution < -0.4 is 16.1 Å². The summed E-state index contributed by atoms with van der Waals surface area (Å²) in [6.45, 7) is 14.8. The van der Waals surface area contributed by atoms with Gasteiger partial charge in [0.15, 0.2) is 0 Å². The third-order valence-corrected chi connectivity index (χ3v) is 9.61. The minimum atomic E-state index is -1.73. The first-order valence-corrected chi connectivity index (χ1v) is 20.3. The Balaban J connectivity index is 0.000000228. The number of benzene rings is 4. The maximum Gasteiger partial charge on any atom is 0.490 e. The number of oxime groups is 2. The molecule has 0 fully saturated rings. The van der Waals surface area contributed by atoms with Gasteiger partial charge in [0, 0.05) is 41.0 Å². The Bertz CT molecular complexity index is 2630. The second kappa shape index (κ2) is 24.0. The van der Waals surface area contributed by atoms with Crippen LogP contribution >= 0.6 is 15.9 Å². The van der Waals surface area contributed by atoms with E-state index in [1.807, 2.05) is 80.6 Å². The van der Waals surface area contributed by atoms with Crippen molar-refractivity contribution in [3.8, 4) is 11.1 Å². The van der Waals surface area contributed by atoms with E-state index in [2.05, 4.69) is 60.2 Å². The summed E-state index contributed by atoms with van der Waals surface area (Å²) in [5.41, 5.74) is 6.56. The van der Waals surface area contributed by atoms with Crippen molar-refractivity contribution in [1.29, 1.82) is 0 Å². The molecule has 2 heterocycles. The van der Waals surface area contributed by atoms with E-state index in [9.17, 15) is 28.4 Å². The van der Waals surface area contributed by atoms with Crippen LogP contribution in [-0.2, 0) is 23.8 Å². The van der Waals surface area contributed by atoms with E-state index in [1.54, 1.807) is 37.3 Å². The molecule has 6 aromatic rings. The molecule has 6 rings (SSSR count). The predicted molar refractivity (Wildman–Crippen MR) is 251 cm³/mol. The van der Waals surface area contributed by atoms with Gasteiger partial charge in [0.2, 0.25) is 11.9 Å². The average molecular weight is 938 g/mol. The first kappa shape index (κ1) is 49.6. The summed E-state index contributed by atoms with van der Waals surface area (Å²) in [4.78, 5) is 34.9. The van der Waals surface area contributed by atoms with Gasteiger partial charge in [-0.15, -0.1) is 0 Å². The number of amides is 2. The van der Waals surface area contributed by atoms with E-state index in [1.165, 1.54) is 33.2 Å². The normalized spacial score (nSPS) is 11.0. The van der Waals surface area contributed by atoms with E-state index >= 15 is 0 Å². The molecule has 64 heavy (non-hydrogen) atoms. The van der Waals surface area contributed by atoms with E-state index in [4.69, 9.17) is 9.68 Å². The van der Waals surface area contributed by atoms with Crippen LogP contribution in [0, 0.1) is 25.7 Å². The Morgan fingerprint density at radius 3 is 1.58 bits per heavy atom. The van der Waals surface area contributed by atoms with Crippen LogP contribution in [0.2, 0.25) is 0 Å². The summed E-state index contributed by atoms with van der Waals surface area (Å²) in [5, 5.41) is 39.4. The van der Waals surface area contributed by atoms with Crippen molar-refractivity contribution in [3.63, 3.8) is 0 Å². The van der Waals surface area contributed by atoms with Gasteiger partial charge in [-0.2, -0.15) is 19.0 Å². The van der Waals surface area contributed by atoms with Gasteiger partial charge in [0.05, 0.1) is 22.8 Å². The highest BCUT2D eigenvalue weighted by Gasteiger charge is 2.24. The molecule has 332 valence electrons. The van der Waals surface area contributed by atoms with Crippen LogP contribution in [0.3, 0.4) is 0 Å².